The van der Waals surface area contributed by atoms with Crippen LogP contribution < -0.4 is 21.3 Å². The Balaban J connectivity index is 1.55. The van der Waals surface area contributed by atoms with Crippen LogP contribution in [0, 0.1) is 0 Å². The second-order valence-corrected chi connectivity index (χ2v) is 8.68. The number of pyridine rings is 1. The Bertz CT molecular complexity index is 1390. The Kier molecular flexibility index (Phi) is 4.99. The predicted octanol–water partition coefficient (Wildman–Crippen LogP) is 4.86. The third-order valence-corrected chi connectivity index (χ3v) is 6.48. The molecule has 5 rings (SSSR count). The summed E-state index contributed by atoms with van der Waals surface area (Å²) >= 11 is 1.49. The molecule has 2 aromatic heterocycles. The minimum Gasteiger partial charge on any atom is -0.381 e. The third kappa shape index (κ3) is 3.54. The molecule has 1 aliphatic rings. The van der Waals surface area contributed by atoms with Gasteiger partial charge in [-0.2, -0.15) is 0 Å². The first kappa shape index (κ1) is 20.0. The van der Waals surface area contributed by atoms with E-state index >= 15 is 0 Å². The van der Waals surface area contributed by atoms with E-state index in [9.17, 15) is 9.59 Å². The van der Waals surface area contributed by atoms with Crippen LogP contribution in [0.5, 0.6) is 0 Å². The molecular formula is C24H21N5O2S. The summed E-state index contributed by atoms with van der Waals surface area (Å²) in [5.41, 5.74) is 3.06. The average Bonchev–Trinajstić information content (AvgIpc) is 3.11. The molecule has 8 heteroatoms. The summed E-state index contributed by atoms with van der Waals surface area (Å²) in [6.45, 7) is 6.15. The van der Waals surface area contributed by atoms with E-state index in [-0.39, 0.29) is 17.9 Å². The number of hydrogen-bond donors (Lipinski definition) is 4. The first-order valence-electron chi connectivity index (χ1n) is 10.2. The lowest BCUT2D eigenvalue weighted by molar-refractivity contribution is -0.111. The van der Waals surface area contributed by atoms with Gasteiger partial charge in [-0.05, 0) is 49.4 Å². The molecule has 160 valence electrons. The second-order valence-electron chi connectivity index (χ2n) is 7.63. The molecule has 2 aromatic carbocycles. The smallest absolute Gasteiger partial charge is 0.263 e. The van der Waals surface area contributed by atoms with Crippen molar-refractivity contribution in [2.45, 2.75) is 13.0 Å². The average molecular weight is 444 g/mol. The molecule has 32 heavy (non-hydrogen) atoms. The van der Waals surface area contributed by atoms with Crippen molar-refractivity contribution in [3.63, 3.8) is 0 Å². The first-order chi connectivity index (χ1) is 15.5. The predicted molar refractivity (Wildman–Crippen MR) is 131 cm³/mol. The van der Waals surface area contributed by atoms with E-state index in [4.69, 9.17) is 4.98 Å². The van der Waals surface area contributed by atoms with Crippen molar-refractivity contribution in [3.8, 4) is 0 Å². The van der Waals surface area contributed by atoms with Crippen molar-refractivity contribution in [2.24, 2.45) is 0 Å². The molecule has 4 N–H and O–H groups in total. The van der Waals surface area contributed by atoms with Crippen LogP contribution in [0.25, 0.3) is 21.0 Å². The highest BCUT2D eigenvalue weighted by atomic mass is 32.1. The molecule has 0 saturated heterocycles. The number of hydrogen-bond acceptors (Lipinski definition) is 6. The van der Waals surface area contributed by atoms with Gasteiger partial charge in [0.25, 0.3) is 5.91 Å². The van der Waals surface area contributed by atoms with Gasteiger partial charge in [0.05, 0.1) is 22.6 Å². The molecule has 0 saturated carbocycles. The van der Waals surface area contributed by atoms with E-state index in [0.29, 0.717) is 22.9 Å². The first-order valence-corrected chi connectivity index (χ1v) is 11.1. The maximum absolute atomic E-state index is 12.6. The van der Waals surface area contributed by atoms with Gasteiger partial charge in [-0.15, -0.1) is 11.3 Å². The topological polar surface area (TPSA) is 95.1 Å². The van der Waals surface area contributed by atoms with Gasteiger partial charge < -0.3 is 21.3 Å². The van der Waals surface area contributed by atoms with Crippen LogP contribution in [0.4, 0.5) is 22.9 Å². The number of thiophene rings is 1. The maximum Gasteiger partial charge on any atom is 0.263 e. The molecule has 0 bridgehead atoms. The molecule has 0 fully saturated rings. The van der Waals surface area contributed by atoms with Gasteiger partial charge in [-0.1, -0.05) is 18.7 Å². The van der Waals surface area contributed by atoms with E-state index in [2.05, 4.69) is 27.8 Å². The van der Waals surface area contributed by atoms with Gasteiger partial charge in [0, 0.05) is 28.1 Å². The fraction of sp³-hybridized carbons (Fsp3) is 0.125. The lowest BCUT2D eigenvalue weighted by Gasteiger charge is -2.13. The van der Waals surface area contributed by atoms with Crippen molar-refractivity contribution >= 4 is 67.0 Å². The van der Waals surface area contributed by atoms with Crippen molar-refractivity contribution in [2.75, 3.05) is 22.5 Å². The minimum atomic E-state index is -0.280. The molecule has 1 unspecified atom stereocenters. The highest BCUT2D eigenvalue weighted by Crippen LogP contribution is 2.41. The number of nitrogens with one attached hydrogen (secondary N) is 4. The van der Waals surface area contributed by atoms with Crippen LogP contribution in [0.15, 0.2) is 61.2 Å². The fourth-order valence-corrected chi connectivity index (χ4v) is 4.92. The van der Waals surface area contributed by atoms with Gasteiger partial charge in [-0.25, -0.2) is 4.98 Å². The van der Waals surface area contributed by atoms with Crippen molar-refractivity contribution in [1.82, 2.24) is 10.3 Å². The SMILES string of the molecule is C=CC(=O)Nc1ccccc1Nc1ccc2c(ccc3sc4c(c32)NCC(C)NC4=O)n1. The summed E-state index contributed by atoms with van der Waals surface area (Å²) in [6.07, 6.45) is 1.23. The minimum absolute atomic E-state index is 0.0451. The number of anilines is 4. The molecule has 7 nitrogen and oxygen atoms in total. The zero-order valence-electron chi connectivity index (χ0n) is 17.4. The number of nitrogens with zero attached hydrogens (tertiary/aromatic N) is 1. The van der Waals surface area contributed by atoms with Gasteiger partial charge >= 0.3 is 0 Å². The zero-order chi connectivity index (χ0) is 22.2. The van der Waals surface area contributed by atoms with Crippen molar-refractivity contribution in [3.05, 3.63) is 66.1 Å². The van der Waals surface area contributed by atoms with Gasteiger partial charge in [0.2, 0.25) is 5.91 Å². The van der Waals surface area contributed by atoms with E-state index in [0.717, 1.165) is 32.4 Å². The number of benzene rings is 2. The highest BCUT2D eigenvalue weighted by molar-refractivity contribution is 7.21. The Hall–Kier alpha value is -3.91. The highest BCUT2D eigenvalue weighted by Gasteiger charge is 2.24. The molecule has 0 spiro atoms. The van der Waals surface area contributed by atoms with Crippen LogP contribution >= 0.6 is 11.3 Å². The third-order valence-electron chi connectivity index (χ3n) is 5.32. The molecule has 1 aliphatic heterocycles. The van der Waals surface area contributed by atoms with E-state index in [1.807, 2.05) is 55.5 Å². The van der Waals surface area contributed by atoms with Crippen LogP contribution in [0.1, 0.15) is 16.6 Å². The Morgan fingerprint density at radius 3 is 2.81 bits per heavy atom. The lowest BCUT2D eigenvalue weighted by atomic mass is 10.1. The molecule has 0 radical (unpaired) electrons. The number of carbonyl (C=O) groups is 2. The van der Waals surface area contributed by atoms with Crippen LogP contribution in [-0.4, -0.2) is 29.4 Å². The number of fused-ring (bicyclic) bond motifs is 5. The standard InChI is InChI=1S/C24H21N5O2S/c1-3-20(30)29-17-7-5-4-6-16(17)28-19-11-8-14-15(27-19)9-10-18-21(14)22-23(32-18)24(31)26-13(2)12-25-22/h3-11,13,25H,1,12H2,2H3,(H,26,31)(H,27,28)(H,29,30). The Morgan fingerprint density at radius 1 is 1.19 bits per heavy atom. The van der Waals surface area contributed by atoms with E-state index in [1.54, 1.807) is 0 Å². The fourth-order valence-electron chi connectivity index (χ4n) is 3.82. The monoisotopic (exact) mass is 443 g/mol. The molecule has 4 aromatic rings. The van der Waals surface area contributed by atoms with Crippen molar-refractivity contribution in [1.29, 1.82) is 0 Å². The largest absolute Gasteiger partial charge is 0.381 e. The van der Waals surface area contributed by atoms with Crippen molar-refractivity contribution < 1.29 is 9.59 Å². The number of aromatic nitrogens is 1. The normalized spacial score (nSPS) is 15.4. The quantitative estimate of drug-likeness (QED) is 0.338. The van der Waals surface area contributed by atoms with Crippen LogP contribution in [0.2, 0.25) is 0 Å². The summed E-state index contributed by atoms with van der Waals surface area (Å²) in [5.74, 6) is 0.325. The summed E-state index contributed by atoms with van der Waals surface area (Å²) in [6, 6.07) is 15.4. The van der Waals surface area contributed by atoms with Gasteiger partial charge in [0.1, 0.15) is 10.7 Å². The number of rotatable bonds is 4. The van der Waals surface area contributed by atoms with Crippen LogP contribution in [0.3, 0.4) is 0 Å². The summed E-state index contributed by atoms with van der Waals surface area (Å²) in [5, 5.41) is 14.5. The summed E-state index contributed by atoms with van der Waals surface area (Å²) in [7, 11) is 0. The Labute approximate surface area is 188 Å². The molecular weight excluding hydrogens is 422 g/mol. The molecule has 1 atom stereocenters. The van der Waals surface area contributed by atoms with Gasteiger partial charge in [0.15, 0.2) is 0 Å². The lowest BCUT2D eigenvalue weighted by Crippen LogP contribution is -2.34. The van der Waals surface area contributed by atoms with Crippen LogP contribution in [-0.2, 0) is 4.79 Å². The zero-order valence-corrected chi connectivity index (χ0v) is 18.2. The number of amides is 2. The molecule has 3 heterocycles. The maximum atomic E-state index is 12.6. The second kappa shape index (κ2) is 7.97. The summed E-state index contributed by atoms with van der Waals surface area (Å²) < 4.78 is 1.04. The number of carbonyl (C=O) groups excluding carboxylic acids is 2. The van der Waals surface area contributed by atoms with E-state index in [1.165, 1.54) is 17.4 Å². The molecule has 0 aliphatic carbocycles. The summed E-state index contributed by atoms with van der Waals surface area (Å²) in [4.78, 5) is 29.8. The number of para-hydroxylation sites is 2. The Morgan fingerprint density at radius 2 is 2.00 bits per heavy atom. The molecule has 2 amide bonds. The van der Waals surface area contributed by atoms with Gasteiger partial charge in [-0.3, -0.25) is 9.59 Å². The van der Waals surface area contributed by atoms with E-state index < -0.39 is 0 Å².